The summed E-state index contributed by atoms with van der Waals surface area (Å²) in [5.74, 6) is 0. The number of fused-ring (bicyclic) bond motifs is 2. The Morgan fingerprint density at radius 1 is 0.424 bits per heavy atom. The zero-order valence-electron chi connectivity index (χ0n) is 21.3. The molecule has 0 unspecified atom stereocenters. The Hall–Kier alpha value is -3.40. The Morgan fingerprint density at radius 3 is 1.09 bits per heavy atom. The van der Waals surface area contributed by atoms with Crippen molar-refractivity contribution in [3.63, 3.8) is 0 Å². The summed E-state index contributed by atoms with van der Waals surface area (Å²) in [6.45, 7) is 0. The van der Waals surface area contributed by atoms with E-state index in [1.807, 2.05) is 0 Å². The standard InChI is InChI=1S/C29H36N4/c1-30(2)24-13-9-11-22-20(15-17-26(28(22)24)32(5)6)19-21-16-18-27(33(7)8)29-23(21)12-10-14-25(29)31(3)4/h9-18H,19H2,1-8H3. The van der Waals surface area contributed by atoms with Gasteiger partial charge >= 0.3 is 0 Å². The lowest BCUT2D eigenvalue weighted by Gasteiger charge is -2.24. The molecule has 0 radical (unpaired) electrons. The van der Waals surface area contributed by atoms with Gasteiger partial charge in [0.15, 0.2) is 0 Å². The van der Waals surface area contributed by atoms with E-state index in [0.717, 1.165) is 6.42 Å². The first kappa shape index (κ1) is 22.8. The number of hydrogen-bond donors (Lipinski definition) is 0. The minimum Gasteiger partial charge on any atom is -0.377 e. The summed E-state index contributed by atoms with van der Waals surface area (Å²) in [4.78, 5) is 8.85. The predicted molar refractivity (Wildman–Crippen MR) is 148 cm³/mol. The fourth-order valence-corrected chi connectivity index (χ4v) is 4.86. The average Bonchev–Trinajstić information content (AvgIpc) is 2.77. The second-order valence-corrected chi connectivity index (χ2v) is 9.64. The van der Waals surface area contributed by atoms with E-state index < -0.39 is 0 Å². The second-order valence-electron chi connectivity index (χ2n) is 9.64. The van der Waals surface area contributed by atoms with E-state index in [4.69, 9.17) is 0 Å². The Kier molecular flexibility index (Phi) is 6.11. The molecule has 0 atom stereocenters. The fraction of sp³-hybridized carbons (Fsp3) is 0.310. The van der Waals surface area contributed by atoms with Crippen molar-refractivity contribution in [2.24, 2.45) is 0 Å². The van der Waals surface area contributed by atoms with Crippen LogP contribution < -0.4 is 19.6 Å². The predicted octanol–water partition coefficient (Wildman–Crippen LogP) is 5.85. The molecule has 4 rings (SSSR count). The molecule has 0 bridgehead atoms. The van der Waals surface area contributed by atoms with Gasteiger partial charge in [0.2, 0.25) is 0 Å². The van der Waals surface area contributed by atoms with E-state index in [1.54, 1.807) is 0 Å². The molecule has 4 aromatic rings. The molecule has 0 saturated carbocycles. The Labute approximate surface area is 198 Å². The maximum absolute atomic E-state index is 2.30. The van der Waals surface area contributed by atoms with Crippen LogP contribution in [0.3, 0.4) is 0 Å². The van der Waals surface area contributed by atoms with E-state index in [2.05, 4.69) is 137 Å². The molecule has 0 spiro atoms. The maximum Gasteiger partial charge on any atom is 0.0461 e. The third kappa shape index (κ3) is 4.06. The van der Waals surface area contributed by atoms with Gasteiger partial charge in [0, 0.05) is 89.9 Å². The van der Waals surface area contributed by atoms with Gasteiger partial charge in [-0.15, -0.1) is 0 Å². The van der Waals surface area contributed by atoms with Crippen LogP contribution >= 0.6 is 0 Å². The van der Waals surface area contributed by atoms with Gasteiger partial charge in [-0.05, 0) is 52.6 Å². The van der Waals surface area contributed by atoms with Crippen LogP contribution in [0, 0.1) is 0 Å². The number of nitrogens with zero attached hydrogens (tertiary/aromatic N) is 4. The Morgan fingerprint density at radius 2 is 0.758 bits per heavy atom. The molecule has 33 heavy (non-hydrogen) atoms. The van der Waals surface area contributed by atoms with Crippen LogP contribution in [-0.4, -0.2) is 56.4 Å². The normalized spacial score (nSPS) is 11.2. The van der Waals surface area contributed by atoms with Crippen LogP contribution in [0.2, 0.25) is 0 Å². The van der Waals surface area contributed by atoms with E-state index in [9.17, 15) is 0 Å². The lowest BCUT2D eigenvalue weighted by Crippen LogP contribution is -2.14. The molecule has 0 N–H and O–H groups in total. The monoisotopic (exact) mass is 440 g/mol. The minimum atomic E-state index is 0.891. The van der Waals surface area contributed by atoms with Crippen LogP contribution in [0.25, 0.3) is 21.5 Å². The summed E-state index contributed by atoms with van der Waals surface area (Å²) < 4.78 is 0. The zero-order chi connectivity index (χ0) is 23.9. The molecule has 0 aliphatic carbocycles. The largest absolute Gasteiger partial charge is 0.377 e. The molecule has 0 amide bonds. The molecule has 0 aromatic heterocycles. The highest BCUT2D eigenvalue weighted by Crippen LogP contribution is 2.39. The van der Waals surface area contributed by atoms with Crippen molar-refractivity contribution in [3.05, 3.63) is 71.8 Å². The number of hydrogen-bond acceptors (Lipinski definition) is 4. The third-order valence-corrected chi connectivity index (χ3v) is 6.48. The molecule has 0 saturated heterocycles. The summed E-state index contributed by atoms with van der Waals surface area (Å²) in [6, 6.07) is 22.5. The first-order chi connectivity index (χ1) is 15.7. The summed E-state index contributed by atoms with van der Waals surface area (Å²) in [7, 11) is 17.0. The molecule has 0 aliphatic heterocycles. The van der Waals surface area contributed by atoms with E-state index >= 15 is 0 Å². The first-order valence-corrected chi connectivity index (χ1v) is 11.5. The van der Waals surface area contributed by atoms with Gasteiger partial charge in [-0.2, -0.15) is 0 Å². The van der Waals surface area contributed by atoms with Crippen molar-refractivity contribution in [3.8, 4) is 0 Å². The van der Waals surface area contributed by atoms with Crippen LogP contribution in [-0.2, 0) is 6.42 Å². The van der Waals surface area contributed by atoms with Crippen LogP contribution in [0.1, 0.15) is 11.1 Å². The summed E-state index contributed by atoms with van der Waals surface area (Å²) in [6.07, 6.45) is 0.891. The van der Waals surface area contributed by atoms with Gasteiger partial charge in [-0.25, -0.2) is 0 Å². The molecule has 172 valence electrons. The molecule has 0 heterocycles. The van der Waals surface area contributed by atoms with Crippen molar-refractivity contribution in [1.29, 1.82) is 0 Å². The molecule has 0 aliphatic rings. The van der Waals surface area contributed by atoms with Gasteiger partial charge in [0.1, 0.15) is 0 Å². The van der Waals surface area contributed by atoms with Crippen molar-refractivity contribution in [2.45, 2.75) is 6.42 Å². The lowest BCUT2D eigenvalue weighted by atomic mass is 9.92. The topological polar surface area (TPSA) is 13.0 Å². The molecule has 0 fully saturated rings. The van der Waals surface area contributed by atoms with Crippen LogP contribution in [0.15, 0.2) is 60.7 Å². The summed E-state index contributed by atoms with van der Waals surface area (Å²) in [5.41, 5.74) is 7.71. The second kappa shape index (κ2) is 8.86. The van der Waals surface area contributed by atoms with Gasteiger partial charge in [-0.1, -0.05) is 36.4 Å². The van der Waals surface area contributed by atoms with Crippen molar-refractivity contribution in [1.82, 2.24) is 0 Å². The molecular weight excluding hydrogens is 404 g/mol. The average molecular weight is 441 g/mol. The van der Waals surface area contributed by atoms with Crippen molar-refractivity contribution < 1.29 is 0 Å². The smallest absolute Gasteiger partial charge is 0.0461 e. The molecule has 4 aromatic carbocycles. The molecular formula is C29H36N4. The SMILES string of the molecule is CN(C)c1cccc2c(Cc3ccc(N(C)C)c4c(N(C)C)cccc34)ccc(N(C)C)c12. The highest BCUT2D eigenvalue weighted by molar-refractivity contribution is 6.07. The zero-order valence-corrected chi connectivity index (χ0v) is 21.3. The Balaban J connectivity index is 1.95. The van der Waals surface area contributed by atoms with Crippen molar-refractivity contribution >= 4 is 44.3 Å². The molecule has 4 nitrogen and oxygen atoms in total. The highest BCUT2D eigenvalue weighted by Gasteiger charge is 2.16. The van der Waals surface area contributed by atoms with Crippen LogP contribution in [0.4, 0.5) is 22.7 Å². The fourth-order valence-electron chi connectivity index (χ4n) is 4.86. The maximum atomic E-state index is 2.30. The summed E-state index contributed by atoms with van der Waals surface area (Å²) in [5, 5.41) is 5.27. The number of rotatable bonds is 6. The highest BCUT2D eigenvalue weighted by atomic mass is 15.1. The van der Waals surface area contributed by atoms with Crippen LogP contribution in [0.5, 0.6) is 0 Å². The van der Waals surface area contributed by atoms with Gasteiger partial charge in [0.05, 0.1) is 0 Å². The van der Waals surface area contributed by atoms with Gasteiger partial charge in [0.25, 0.3) is 0 Å². The number of benzene rings is 4. The third-order valence-electron chi connectivity index (χ3n) is 6.48. The Bertz CT molecular complexity index is 1170. The van der Waals surface area contributed by atoms with E-state index in [1.165, 1.54) is 55.4 Å². The number of anilines is 4. The lowest BCUT2D eigenvalue weighted by molar-refractivity contribution is 1.11. The first-order valence-electron chi connectivity index (χ1n) is 11.5. The summed E-state index contributed by atoms with van der Waals surface area (Å²) >= 11 is 0. The quantitative estimate of drug-likeness (QED) is 0.373. The minimum absolute atomic E-state index is 0.891. The van der Waals surface area contributed by atoms with Gasteiger partial charge in [-0.3, -0.25) is 0 Å². The van der Waals surface area contributed by atoms with E-state index in [-0.39, 0.29) is 0 Å². The van der Waals surface area contributed by atoms with Crippen molar-refractivity contribution in [2.75, 3.05) is 76.0 Å². The van der Waals surface area contributed by atoms with Gasteiger partial charge < -0.3 is 19.6 Å². The van der Waals surface area contributed by atoms with E-state index in [0.29, 0.717) is 0 Å². The molecule has 4 heteroatoms.